The van der Waals surface area contributed by atoms with Gasteiger partial charge in [0.2, 0.25) is 18.6 Å². The van der Waals surface area contributed by atoms with E-state index in [-0.39, 0.29) is 0 Å². The van der Waals surface area contributed by atoms with Gasteiger partial charge in [0.15, 0.2) is 22.9 Å². The Bertz CT molecular complexity index is 1530. The molecule has 2 aliphatic heterocycles. The number of nitrogens with zero attached hydrogens (tertiary/aromatic N) is 6. The molecular formula is C26H24N6O3. The maximum absolute atomic E-state index is 5.68. The van der Waals surface area contributed by atoms with Crippen LogP contribution in [0.2, 0.25) is 0 Å². The van der Waals surface area contributed by atoms with E-state index < -0.39 is 0 Å². The normalized spacial score (nSPS) is 18.1. The summed E-state index contributed by atoms with van der Waals surface area (Å²) in [4.78, 5) is 9.89. The molecule has 0 aliphatic carbocycles. The topological polar surface area (TPSA) is 81.2 Å². The Morgan fingerprint density at radius 1 is 0.971 bits per heavy atom. The Hall–Kier alpha value is -4.11. The van der Waals surface area contributed by atoms with E-state index in [4.69, 9.17) is 18.9 Å². The molecule has 5 heterocycles. The Morgan fingerprint density at radius 2 is 1.89 bits per heavy atom. The van der Waals surface area contributed by atoms with Crippen LogP contribution in [-0.2, 0) is 6.54 Å². The Morgan fingerprint density at radius 3 is 2.77 bits per heavy atom. The van der Waals surface area contributed by atoms with Gasteiger partial charge in [-0.25, -0.2) is 9.38 Å². The zero-order valence-electron chi connectivity index (χ0n) is 19.3. The highest BCUT2D eigenvalue weighted by atomic mass is 16.7. The van der Waals surface area contributed by atoms with Gasteiger partial charge in [0.1, 0.15) is 0 Å². The summed E-state index contributed by atoms with van der Waals surface area (Å²) in [7, 11) is 0. The lowest BCUT2D eigenvalue weighted by Crippen LogP contribution is -2.52. The van der Waals surface area contributed by atoms with Crippen molar-refractivity contribution in [3.63, 3.8) is 0 Å². The first-order valence-corrected chi connectivity index (χ1v) is 11.8. The second-order valence-electron chi connectivity index (χ2n) is 9.04. The largest absolute Gasteiger partial charge is 0.461 e. The molecule has 0 amide bonds. The molecule has 35 heavy (non-hydrogen) atoms. The summed E-state index contributed by atoms with van der Waals surface area (Å²) in [5.74, 6) is 3.82. The van der Waals surface area contributed by atoms with Crippen molar-refractivity contribution in [1.82, 2.24) is 24.5 Å². The van der Waals surface area contributed by atoms with Gasteiger partial charge < -0.3 is 18.8 Å². The van der Waals surface area contributed by atoms with E-state index in [1.54, 1.807) is 6.26 Å². The summed E-state index contributed by atoms with van der Waals surface area (Å²) in [6.07, 6.45) is 1.65. The molecule has 1 saturated heterocycles. The lowest BCUT2D eigenvalue weighted by molar-refractivity contribution is 0.173. The van der Waals surface area contributed by atoms with Crippen LogP contribution in [-0.4, -0.2) is 57.0 Å². The third kappa shape index (κ3) is 3.38. The second-order valence-corrected chi connectivity index (χ2v) is 9.04. The number of hydrogen-bond donors (Lipinski definition) is 0. The highest BCUT2D eigenvalue weighted by Gasteiger charge is 2.28. The third-order valence-electron chi connectivity index (χ3n) is 6.84. The van der Waals surface area contributed by atoms with Crippen LogP contribution in [0.3, 0.4) is 0 Å². The van der Waals surface area contributed by atoms with Crippen molar-refractivity contribution in [2.24, 2.45) is 0 Å². The number of furan rings is 1. The molecule has 1 fully saturated rings. The van der Waals surface area contributed by atoms with E-state index in [9.17, 15) is 0 Å². The maximum Gasteiger partial charge on any atom is 0.231 e. The number of benzene rings is 2. The summed E-state index contributed by atoms with van der Waals surface area (Å²) < 4.78 is 18.7. The highest BCUT2D eigenvalue weighted by molar-refractivity contribution is 5.93. The Kier molecular flexibility index (Phi) is 4.63. The van der Waals surface area contributed by atoms with Crippen molar-refractivity contribution in [3.05, 3.63) is 66.4 Å². The number of hydrogen-bond acceptors (Lipinski definition) is 8. The molecule has 0 radical (unpaired) electrons. The fraction of sp³-hybridized carbons (Fsp3) is 0.269. The van der Waals surface area contributed by atoms with Gasteiger partial charge in [-0.05, 0) is 48.9 Å². The van der Waals surface area contributed by atoms with Crippen LogP contribution < -0.4 is 14.4 Å². The maximum atomic E-state index is 5.68. The van der Waals surface area contributed by atoms with Gasteiger partial charge >= 0.3 is 0 Å². The van der Waals surface area contributed by atoms with E-state index in [1.165, 1.54) is 5.56 Å². The molecule has 0 saturated carbocycles. The summed E-state index contributed by atoms with van der Waals surface area (Å²) >= 11 is 0. The molecule has 0 bridgehead atoms. The van der Waals surface area contributed by atoms with Crippen molar-refractivity contribution in [3.8, 4) is 23.1 Å². The summed E-state index contributed by atoms with van der Waals surface area (Å²) in [6.45, 7) is 5.99. The lowest BCUT2D eigenvalue weighted by atomic mass is 10.1. The summed E-state index contributed by atoms with van der Waals surface area (Å²) in [5.41, 5.74) is 2.91. The first-order chi connectivity index (χ1) is 17.2. The molecule has 2 aromatic carbocycles. The fourth-order valence-electron chi connectivity index (χ4n) is 5.03. The van der Waals surface area contributed by atoms with Gasteiger partial charge in [-0.15, -0.1) is 10.2 Å². The molecular weight excluding hydrogens is 444 g/mol. The fourth-order valence-corrected chi connectivity index (χ4v) is 5.03. The predicted molar refractivity (Wildman–Crippen MR) is 131 cm³/mol. The highest BCUT2D eigenvalue weighted by Crippen LogP contribution is 2.34. The predicted octanol–water partition coefficient (Wildman–Crippen LogP) is 3.98. The second kappa shape index (κ2) is 7.99. The van der Waals surface area contributed by atoms with Crippen molar-refractivity contribution in [2.45, 2.75) is 19.5 Å². The van der Waals surface area contributed by atoms with Crippen molar-refractivity contribution >= 4 is 22.5 Å². The van der Waals surface area contributed by atoms with Crippen molar-refractivity contribution in [2.75, 3.05) is 31.3 Å². The smallest absolute Gasteiger partial charge is 0.231 e. The molecule has 0 unspecified atom stereocenters. The summed E-state index contributed by atoms with van der Waals surface area (Å²) in [5, 5.41) is 9.98. The molecule has 2 aliphatic rings. The zero-order chi connectivity index (χ0) is 23.4. The Labute approximate surface area is 201 Å². The van der Waals surface area contributed by atoms with Crippen LogP contribution >= 0.6 is 0 Å². The molecule has 9 heteroatoms. The number of anilines is 1. The van der Waals surface area contributed by atoms with Crippen LogP contribution in [0, 0.1) is 0 Å². The lowest BCUT2D eigenvalue weighted by Gasteiger charge is -2.40. The monoisotopic (exact) mass is 468 g/mol. The zero-order valence-corrected chi connectivity index (χ0v) is 19.3. The number of ether oxygens (including phenoxy) is 2. The van der Waals surface area contributed by atoms with Crippen LogP contribution in [0.5, 0.6) is 11.5 Å². The van der Waals surface area contributed by atoms with Gasteiger partial charge in [0.25, 0.3) is 0 Å². The minimum absolute atomic E-state index is 0.296. The van der Waals surface area contributed by atoms with Gasteiger partial charge in [0.05, 0.1) is 11.8 Å². The number of piperazine rings is 1. The van der Waals surface area contributed by atoms with Gasteiger partial charge in [-0.2, -0.15) is 0 Å². The number of fused-ring (bicyclic) bond motifs is 4. The van der Waals surface area contributed by atoms with Crippen LogP contribution in [0.15, 0.2) is 65.3 Å². The average molecular weight is 469 g/mol. The van der Waals surface area contributed by atoms with E-state index in [0.717, 1.165) is 60.2 Å². The molecule has 0 N–H and O–H groups in total. The molecule has 5 aromatic rings. The number of aromatic nitrogens is 4. The van der Waals surface area contributed by atoms with Gasteiger partial charge in [-0.3, -0.25) is 4.90 Å². The van der Waals surface area contributed by atoms with Crippen LogP contribution in [0.25, 0.3) is 28.1 Å². The minimum atomic E-state index is 0.296. The van der Waals surface area contributed by atoms with E-state index in [0.29, 0.717) is 24.4 Å². The average Bonchev–Trinajstić information content (AvgIpc) is 3.65. The van der Waals surface area contributed by atoms with Crippen LogP contribution in [0.1, 0.15) is 12.5 Å². The van der Waals surface area contributed by atoms with E-state index >= 15 is 0 Å². The molecule has 3 aromatic heterocycles. The van der Waals surface area contributed by atoms with Gasteiger partial charge in [0, 0.05) is 37.6 Å². The minimum Gasteiger partial charge on any atom is -0.461 e. The third-order valence-corrected chi connectivity index (χ3v) is 6.84. The van der Waals surface area contributed by atoms with Gasteiger partial charge in [-0.1, -0.05) is 18.2 Å². The first kappa shape index (κ1) is 20.3. The van der Waals surface area contributed by atoms with Crippen LogP contribution in [0.4, 0.5) is 5.95 Å². The molecule has 7 rings (SSSR count). The van der Waals surface area contributed by atoms with E-state index in [1.807, 2.05) is 46.9 Å². The number of rotatable bonds is 4. The standard InChI is InChI=1S/C26H24N6O3/c1-17-14-31(11-10-30(17)15-18-8-9-21-23(13-18)35-16-34-21)26-27-20-6-3-2-5-19(20)24-28-29-25(32(24)26)22-7-4-12-33-22/h2-9,12-13,17H,10-11,14-16H2,1H3/t17-/m0/s1. The number of para-hydroxylation sites is 1. The molecule has 0 spiro atoms. The quantitative estimate of drug-likeness (QED) is 0.392. The van der Waals surface area contributed by atoms with E-state index in [2.05, 4.69) is 39.1 Å². The Balaban J connectivity index is 1.22. The SMILES string of the molecule is C[C@H]1CN(c2nc3ccccc3c3nnc(-c4ccco4)n23)CCN1Cc1ccc2c(c1)OCO2. The molecule has 1 atom stereocenters. The van der Waals surface area contributed by atoms with Crippen molar-refractivity contribution in [1.29, 1.82) is 0 Å². The molecule has 176 valence electrons. The summed E-state index contributed by atoms with van der Waals surface area (Å²) in [6, 6.07) is 18.4. The first-order valence-electron chi connectivity index (χ1n) is 11.8. The van der Waals surface area contributed by atoms with Crippen molar-refractivity contribution < 1.29 is 13.9 Å². The molecule has 9 nitrogen and oxygen atoms in total.